The standard InChI is InChI=1S/C18H17F2N3O2S/c1-9-15(11(3)24)10(2)21-16(9)14(25)8-26-18-22-12-6-4-5-7-13(12)23(18)17(19)20/h4-7,17,21H,8H2,1-3H3. The third-order valence-electron chi connectivity index (χ3n) is 4.16. The van der Waals surface area contributed by atoms with E-state index >= 15 is 0 Å². The number of Topliss-reactive ketones (excluding diaryl/α,β-unsaturated/α-hetero) is 2. The zero-order valence-corrected chi connectivity index (χ0v) is 15.3. The Morgan fingerprint density at radius 1 is 1.27 bits per heavy atom. The van der Waals surface area contributed by atoms with Crippen molar-refractivity contribution in [1.82, 2.24) is 14.5 Å². The second-order valence-electron chi connectivity index (χ2n) is 5.92. The predicted molar refractivity (Wildman–Crippen MR) is 96.3 cm³/mol. The number of imidazole rings is 1. The van der Waals surface area contributed by atoms with E-state index in [0.29, 0.717) is 33.5 Å². The van der Waals surface area contributed by atoms with Crippen LogP contribution in [-0.2, 0) is 0 Å². The summed E-state index contributed by atoms with van der Waals surface area (Å²) in [6, 6.07) is 6.60. The number of para-hydroxylation sites is 2. The van der Waals surface area contributed by atoms with Crippen molar-refractivity contribution in [3.05, 3.63) is 46.8 Å². The smallest absolute Gasteiger partial charge is 0.321 e. The SMILES string of the molecule is CC(=O)c1c(C)[nH]c(C(=O)CSc2nc3ccccc3n2C(F)F)c1C. The fourth-order valence-corrected chi connectivity index (χ4v) is 3.96. The molecule has 0 amide bonds. The molecule has 3 aromatic rings. The van der Waals surface area contributed by atoms with Crippen molar-refractivity contribution in [1.29, 1.82) is 0 Å². The third-order valence-corrected chi connectivity index (χ3v) is 5.11. The molecule has 0 radical (unpaired) electrons. The van der Waals surface area contributed by atoms with Crippen LogP contribution in [0.4, 0.5) is 8.78 Å². The maximum Gasteiger partial charge on any atom is 0.321 e. The molecule has 8 heteroatoms. The van der Waals surface area contributed by atoms with Gasteiger partial charge in [0, 0.05) is 11.3 Å². The summed E-state index contributed by atoms with van der Waals surface area (Å²) in [6.45, 7) is 2.12. The van der Waals surface area contributed by atoms with E-state index in [9.17, 15) is 18.4 Å². The van der Waals surface area contributed by atoms with Crippen molar-refractivity contribution in [3.63, 3.8) is 0 Å². The molecule has 2 heterocycles. The molecule has 0 unspecified atom stereocenters. The summed E-state index contributed by atoms with van der Waals surface area (Å²) < 4.78 is 27.7. The van der Waals surface area contributed by atoms with E-state index < -0.39 is 6.55 Å². The number of halogens is 2. The van der Waals surface area contributed by atoms with Crippen LogP contribution in [0.3, 0.4) is 0 Å². The van der Waals surface area contributed by atoms with Gasteiger partial charge in [-0.2, -0.15) is 8.78 Å². The van der Waals surface area contributed by atoms with Gasteiger partial charge in [0.2, 0.25) is 0 Å². The normalized spacial score (nSPS) is 11.5. The average Bonchev–Trinajstić information content (AvgIpc) is 3.09. The highest BCUT2D eigenvalue weighted by atomic mass is 32.2. The lowest BCUT2D eigenvalue weighted by Crippen LogP contribution is -2.07. The molecule has 2 aromatic heterocycles. The van der Waals surface area contributed by atoms with Gasteiger partial charge in [-0.3, -0.25) is 14.2 Å². The first-order valence-electron chi connectivity index (χ1n) is 7.92. The van der Waals surface area contributed by atoms with Crippen LogP contribution in [0.25, 0.3) is 11.0 Å². The molecule has 3 rings (SSSR count). The number of rotatable bonds is 6. The summed E-state index contributed by atoms with van der Waals surface area (Å²) in [6.07, 6.45) is 0. The number of fused-ring (bicyclic) bond motifs is 1. The van der Waals surface area contributed by atoms with Gasteiger partial charge < -0.3 is 4.98 Å². The van der Waals surface area contributed by atoms with Crippen molar-refractivity contribution >= 4 is 34.4 Å². The Hall–Kier alpha value is -2.48. The number of H-pyrrole nitrogens is 1. The predicted octanol–water partition coefficient (Wildman–Crippen LogP) is 4.55. The number of aromatic amines is 1. The third kappa shape index (κ3) is 3.16. The molecule has 26 heavy (non-hydrogen) atoms. The molecular weight excluding hydrogens is 360 g/mol. The molecule has 0 aliphatic rings. The van der Waals surface area contributed by atoms with Gasteiger partial charge in [0.15, 0.2) is 16.7 Å². The molecule has 136 valence electrons. The molecule has 0 atom stereocenters. The van der Waals surface area contributed by atoms with Crippen LogP contribution in [0.2, 0.25) is 0 Å². The van der Waals surface area contributed by atoms with Gasteiger partial charge in [-0.1, -0.05) is 23.9 Å². The molecule has 0 spiro atoms. The quantitative estimate of drug-likeness (QED) is 0.505. The second kappa shape index (κ2) is 7.03. The maximum absolute atomic E-state index is 13.4. The second-order valence-corrected chi connectivity index (χ2v) is 6.87. The Morgan fingerprint density at radius 2 is 1.96 bits per heavy atom. The Balaban J connectivity index is 1.87. The minimum atomic E-state index is -2.75. The van der Waals surface area contributed by atoms with Crippen LogP contribution >= 0.6 is 11.8 Å². The summed E-state index contributed by atoms with van der Waals surface area (Å²) in [5.74, 6) is -0.452. The van der Waals surface area contributed by atoms with Gasteiger partial charge in [-0.15, -0.1) is 0 Å². The van der Waals surface area contributed by atoms with Crippen LogP contribution in [0.1, 0.15) is 45.6 Å². The largest absolute Gasteiger partial charge is 0.355 e. The van der Waals surface area contributed by atoms with Crippen molar-refractivity contribution in [2.45, 2.75) is 32.5 Å². The number of aryl methyl sites for hydroxylation is 1. The van der Waals surface area contributed by atoms with Crippen LogP contribution in [-0.4, -0.2) is 31.9 Å². The topological polar surface area (TPSA) is 67.8 Å². The highest BCUT2D eigenvalue weighted by Gasteiger charge is 2.22. The van der Waals surface area contributed by atoms with E-state index in [2.05, 4.69) is 9.97 Å². The lowest BCUT2D eigenvalue weighted by atomic mass is 10.1. The molecule has 1 aromatic carbocycles. The van der Waals surface area contributed by atoms with E-state index in [0.717, 1.165) is 16.3 Å². The first kappa shape index (κ1) is 18.3. The van der Waals surface area contributed by atoms with Gasteiger partial charge in [0.25, 0.3) is 0 Å². The van der Waals surface area contributed by atoms with Gasteiger partial charge in [-0.05, 0) is 38.5 Å². The molecule has 0 aliphatic heterocycles. The van der Waals surface area contributed by atoms with Gasteiger partial charge in [0.05, 0.1) is 22.5 Å². The Labute approximate surface area is 152 Å². The van der Waals surface area contributed by atoms with E-state index in [1.807, 2.05) is 0 Å². The van der Waals surface area contributed by atoms with Crippen molar-refractivity contribution in [3.8, 4) is 0 Å². The molecule has 0 aliphatic carbocycles. The minimum Gasteiger partial charge on any atom is -0.355 e. The number of carbonyl (C=O) groups is 2. The number of alkyl halides is 2. The monoisotopic (exact) mass is 377 g/mol. The number of benzene rings is 1. The number of hydrogen-bond donors (Lipinski definition) is 1. The zero-order valence-electron chi connectivity index (χ0n) is 14.5. The van der Waals surface area contributed by atoms with Crippen molar-refractivity contribution in [2.24, 2.45) is 0 Å². The highest BCUT2D eigenvalue weighted by Crippen LogP contribution is 2.30. The van der Waals surface area contributed by atoms with Crippen molar-refractivity contribution in [2.75, 3.05) is 5.75 Å². The maximum atomic E-state index is 13.4. The summed E-state index contributed by atoms with van der Waals surface area (Å²) in [5.41, 5.74) is 2.82. The van der Waals surface area contributed by atoms with Gasteiger partial charge >= 0.3 is 6.55 Å². The van der Waals surface area contributed by atoms with E-state index in [-0.39, 0.29) is 22.5 Å². The van der Waals surface area contributed by atoms with E-state index in [1.165, 1.54) is 6.92 Å². The number of hydrogen-bond acceptors (Lipinski definition) is 4. The molecule has 0 saturated heterocycles. The highest BCUT2D eigenvalue weighted by molar-refractivity contribution is 7.99. The molecular formula is C18H17F2N3O2S. The lowest BCUT2D eigenvalue weighted by Gasteiger charge is -2.07. The molecule has 0 fully saturated rings. The Bertz CT molecular complexity index is 1010. The summed E-state index contributed by atoms with van der Waals surface area (Å²) in [7, 11) is 0. The van der Waals surface area contributed by atoms with Crippen molar-refractivity contribution < 1.29 is 18.4 Å². The number of ketones is 2. The number of nitrogens with zero attached hydrogens (tertiary/aromatic N) is 2. The molecule has 0 bridgehead atoms. The number of thioether (sulfide) groups is 1. The molecule has 1 N–H and O–H groups in total. The van der Waals surface area contributed by atoms with E-state index in [4.69, 9.17) is 0 Å². The van der Waals surface area contributed by atoms with Crippen LogP contribution < -0.4 is 0 Å². The average molecular weight is 377 g/mol. The van der Waals surface area contributed by atoms with E-state index in [1.54, 1.807) is 38.1 Å². The first-order chi connectivity index (χ1) is 12.3. The minimum absolute atomic E-state index is 0.0613. The zero-order chi connectivity index (χ0) is 19.0. The Morgan fingerprint density at radius 3 is 2.58 bits per heavy atom. The Kier molecular flexibility index (Phi) is 4.95. The lowest BCUT2D eigenvalue weighted by molar-refractivity contribution is 0.0655. The number of nitrogens with one attached hydrogen (secondary N) is 1. The fraction of sp³-hybridized carbons (Fsp3) is 0.278. The van der Waals surface area contributed by atoms with Gasteiger partial charge in [-0.25, -0.2) is 4.98 Å². The summed E-state index contributed by atoms with van der Waals surface area (Å²) in [4.78, 5) is 31.4. The molecule has 0 saturated carbocycles. The first-order valence-corrected chi connectivity index (χ1v) is 8.91. The summed E-state index contributed by atoms with van der Waals surface area (Å²) in [5, 5.41) is 0.0854. The number of carbonyl (C=O) groups excluding carboxylic acids is 2. The number of aromatic nitrogens is 3. The summed E-state index contributed by atoms with van der Waals surface area (Å²) >= 11 is 0.954. The fourth-order valence-electron chi connectivity index (χ4n) is 3.07. The van der Waals surface area contributed by atoms with Crippen LogP contribution in [0.15, 0.2) is 29.4 Å². The van der Waals surface area contributed by atoms with Crippen LogP contribution in [0, 0.1) is 13.8 Å². The molecule has 5 nitrogen and oxygen atoms in total. The van der Waals surface area contributed by atoms with Crippen LogP contribution in [0.5, 0.6) is 0 Å². The van der Waals surface area contributed by atoms with Gasteiger partial charge in [0.1, 0.15) is 0 Å².